The molecule has 0 aliphatic carbocycles. The number of imide groups is 1. The smallest absolute Gasteiger partial charge is 0.251 e. The minimum atomic E-state index is -0.402. The number of carbonyl (C=O) groups excluding carboxylic acids is 2. The number of amides is 2. The Bertz CT molecular complexity index is 1030. The number of nitrogens with zero attached hydrogens (tertiary/aromatic N) is 3. The predicted octanol–water partition coefficient (Wildman–Crippen LogP) is 2.16. The highest BCUT2D eigenvalue weighted by Gasteiger charge is 2.46. The average Bonchev–Trinajstić information content (AvgIpc) is 3.03. The van der Waals surface area contributed by atoms with Gasteiger partial charge in [-0.25, -0.2) is 4.90 Å². The maximum atomic E-state index is 13.2. The summed E-state index contributed by atoms with van der Waals surface area (Å²) in [6.07, 6.45) is 2.19. The summed E-state index contributed by atoms with van der Waals surface area (Å²) in [5.74, 6) is 0.320. The largest absolute Gasteiger partial charge is 0.312 e. The van der Waals surface area contributed by atoms with E-state index < -0.39 is 6.04 Å². The summed E-state index contributed by atoms with van der Waals surface area (Å²) < 4.78 is 1.89. The molecule has 2 saturated heterocycles. The molecule has 3 atom stereocenters. The molecule has 4 heterocycles. The maximum absolute atomic E-state index is 13.2. The van der Waals surface area contributed by atoms with Gasteiger partial charge in [0.1, 0.15) is 0 Å². The number of hydrogen-bond donors (Lipinski definition) is 0. The van der Waals surface area contributed by atoms with E-state index in [2.05, 4.69) is 11.8 Å². The monoisotopic (exact) mass is 391 g/mol. The van der Waals surface area contributed by atoms with Crippen molar-refractivity contribution in [3.63, 3.8) is 0 Å². The zero-order valence-electron chi connectivity index (χ0n) is 16.6. The van der Waals surface area contributed by atoms with Gasteiger partial charge in [-0.05, 0) is 42.5 Å². The standard InChI is InChI=1S/C23H25N3O3/c1-2-15-6-8-18(9-7-15)26-22(28)11-20(23(26)29)24-12-16-10-17(14-24)19-4-3-5-21(27)25(19)13-16/h3-9,16-17,20H,2,10-14H2,1H3/t16-,17?,20?/m1/s1. The van der Waals surface area contributed by atoms with Crippen molar-refractivity contribution in [3.05, 3.63) is 64.1 Å². The lowest BCUT2D eigenvalue weighted by atomic mass is 9.82. The molecular weight excluding hydrogens is 366 g/mol. The number of fused-ring (bicyclic) bond motifs is 4. The first-order valence-corrected chi connectivity index (χ1v) is 10.4. The third-order valence-electron chi connectivity index (χ3n) is 6.67. The van der Waals surface area contributed by atoms with E-state index in [1.807, 2.05) is 41.0 Å². The van der Waals surface area contributed by atoms with E-state index in [9.17, 15) is 14.4 Å². The van der Waals surface area contributed by atoms with Crippen LogP contribution >= 0.6 is 0 Å². The summed E-state index contributed by atoms with van der Waals surface area (Å²) in [7, 11) is 0. The normalized spacial score (nSPS) is 26.7. The van der Waals surface area contributed by atoms with Crippen molar-refractivity contribution in [2.75, 3.05) is 18.0 Å². The van der Waals surface area contributed by atoms with Crippen molar-refractivity contribution in [1.82, 2.24) is 9.47 Å². The first-order chi connectivity index (χ1) is 14.0. The van der Waals surface area contributed by atoms with Gasteiger partial charge in [-0.1, -0.05) is 25.1 Å². The van der Waals surface area contributed by atoms with Crippen molar-refractivity contribution in [2.45, 2.75) is 44.7 Å². The molecule has 29 heavy (non-hydrogen) atoms. The Balaban J connectivity index is 1.39. The number of carbonyl (C=O) groups is 2. The van der Waals surface area contributed by atoms with Crippen LogP contribution in [-0.2, 0) is 22.6 Å². The Hall–Kier alpha value is -2.73. The topological polar surface area (TPSA) is 62.6 Å². The lowest BCUT2D eigenvalue weighted by Crippen LogP contribution is -2.52. The minimum absolute atomic E-state index is 0.0551. The fourth-order valence-corrected chi connectivity index (χ4v) is 5.24. The van der Waals surface area contributed by atoms with Gasteiger partial charge in [0.2, 0.25) is 5.91 Å². The maximum Gasteiger partial charge on any atom is 0.251 e. The molecular formula is C23H25N3O3. The van der Waals surface area contributed by atoms with Crippen LogP contribution in [0.5, 0.6) is 0 Å². The fraction of sp³-hybridized carbons (Fsp3) is 0.435. The van der Waals surface area contributed by atoms with Gasteiger partial charge < -0.3 is 4.57 Å². The van der Waals surface area contributed by atoms with Crippen LogP contribution in [-0.4, -0.2) is 40.4 Å². The molecule has 2 fully saturated rings. The molecule has 3 aliphatic heterocycles. The zero-order valence-corrected chi connectivity index (χ0v) is 16.6. The zero-order chi connectivity index (χ0) is 20.1. The molecule has 150 valence electrons. The van der Waals surface area contributed by atoms with Crippen LogP contribution in [0.2, 0.25) is 0 Å². The Kier molecular flexibility index (Phi) is 4.39. The number of aryl methyl sites for hydroxylation is 1. The van der Waals surface area contributed by atoms with E-state index >= 15 is 0 Å². The number of piperidine rings is 1. The van der Waals surface area contributed by atoms with Crippen LogP contribution in [0.1, 0.15) is 36.9 Å². The van der Waals surface area contributed by atoms with Gasteiger partial charge in [0.05, 0.1) is 18.2 Å². The van der Waals surface area contributed by atoms with Gasteiger partial charge in [-0.3, -0.25) is 19.3 Å². The second-order valence-electron chi connectivity index (χ2n) is 8.46. The molecule has 2 aromatic rings. The van der Waals surface area contributed by atoms with Crippen molar-refractivity contribution < 1.29 is 9.59 Å². The molecule has 0 saturated carbocycles. The highest BCUT2D eigenvalue weighted by molar-refractivity contribution is 6.22. The van der Waals surface area contributed by atoms with Crippen LogP contribution in [0, 0.1) is 5.92 Å². The van der Waals surface area contributed by atoms with Gasteiger partial charge >= 0.3 is 0 Å². The second kappa shape index (κ2) is 6.95. The summed E-state index contributed by atoms with van der Waals surface area (Å²) in [6, 6.07) is 12.7. The number of rotatable bonds is 3. The SMILES string of the molecule is CCc1ccc(N2C(=O)CC(N3CC4C[C@H](C3)Cn3c4cccc3=O)C2=O)cc1. The van der Waals surface area contributed by atoms with Crippen LogP contribution < -0.4 is 10.5 Å². The molecule has 3 aliphatic rings. The Morgan fingerprint density at radius 2 is 1.76 bits per heavy atom. The van der Waals surface area contributed by atoms with E-state index in [0.717, 1.165) is 25.1 Å². The highest BCUT2D eigenvalue weighted by atomic mass is 16.2. The molecule has 0 radical (unpaired) electrons. The third-order valence-corrected chi connectivity index (χ3v) is 6.67. The van der Waals surface area contributed by atoms with E-state index in [4.69, 9.17) is 0 Å². The lowest BCUT2D eigenvalue weighted by molar-refractivity contribution is -0.123. The van der Waals surface area contributed by atoms with Crippen molar-refractivity contribution in [1.29, 1.82) is 0 Å². The summed E-state index contributed by atoms with van der Waals surface area (Å²) in [5, 5.41) is 0. The number of likely N-dealkylation sites (tertiary alicyclic amines) is 1. The molecule has 0 N–H and O–H groups in total. The predicted molar refractivity (Wildman–Crippen MR) is 110 cm³/mol. The highest BCUT2D eigenvalue weighted by Crippen LogP contribution is 2.37. The lowest BCUT2D eigenvalue weighted by Gasteiger charge is -2.44. The second-order valence-corrected chi connectivity index (χ2v) is 8.46. The molecule has 1 aromatic heterocycles. The van der Waals surface area contributed by atoms with Crippen LogP contribution in [0.4, 0.5) is 5.69 Å². The number of pyridine rings is 1. The summed E-state index contributed by atoms with van der Waals surface area (Å²) in [6.45, 7) is 4.24. The Morgan fingerprint density at radius 1 is 0.966 bits per heavy atom. The number of aromatic nitrogens is 1. The molecule has 2 unspecified atom stereocenters. The summed E-state index contributed by atoms with van der Waals surface area (Å²) in [4.78, 5) is 41.7. The van der Waals surface area contributed by atoms with E-state index in [0.29, 0.717) is 24.7 Å². The number of hydrogen-bond acceptors (Lipinski definition) is 4. The van der Waals surface area contributed by atoms with Crippen LogP contribution in [0.15, 0.2) is 47.3 Å². The molecule has 2 amide bonds. The Labute approximate surface area is 169 Å². The van der Waals surface area contributed by atoms with E-state index in [1.54, 1.807) is 6.07 Å². The quantitative estimate of drug-likeness (QED) is 0.753. The van der Waals surface area contributed by atoms with E-state index in [-0.39, 0.29) is 29.7 Å². The molecule has 2 bridgehead atoms. The van der Waals surface area contributed by atoms with Crippen molar-refractivity contribution in [2.24, 2.45) is 5.92 Å². The summed E-state index contributed by atoms with van der Waals surface area (Å²) in [5.41, 5.74) is 2.96. The molecule has 6 nitrogen and oxygen atoms in total. The summed E-state index contributed by atoms with van der Waals surface area (Å²) >= 11 is 0. The van der Waals surface area contributed by atoms with Crippen molar-refractivity contribution in [3.8, 4) is 0 Å². The van der Waals surface area contributed by atoms with Crippen LogP contribution in [0.25, 0.3) is 0 Å². The average molecular weight is 391 g/mol. The third kappa shape index (κ3) is 3.02. The molecule has 6 heteroatoms. The fourth-order valence-electron chi connectivity index (χ4n) is 5.24. The van der Waals surface area contributed by atoms with Gasteiger partial charge in [-0.15, -0.1) is 0 Å². The molecule has 0 spiro atoms. The first-order valence-electron chi connectivity index (χ1n) is 10.4. The number of anilines is 1. The van der Waals surface area contributed by atoms with Crippen LogP contribution in [0.3, 0.4) is 0 Å². The van der Waals surface area contributed by atoms with Crippen molar-refractivity contribution >= 4 is 17.5 Å². The number of benzene rings is 1. The van der Waals surface area contributed by atoms with Gasteiger partial charge in [-0.2, -0.15) is 0 Å². The van der Waals surface area contributed by atoms with Gasteiger partial charge in [0.15, 0.2) is 0 Å². The van der Waals surface area contributed by atoms with Gasteiger partial charge in [0.25, 0.3) is 11.5 Å². The first kappa shape index (κ1) is 18.3. The van der Waals surface area contributed by atoms with E-state index in [1.165, 1.54) is 10.5 Å². The molecule has 5 rings (SSSR count). The minimum Gasteiger partial charge on any atom is -0.312 e. The molecule has 1 aromatic carbocycles. The Morgan fingerprint density at radius 3 is 2.52 bits per heavy atom. The van der Waals surface area contributed by atoms with Gasteiger partial charge in [0, 0.05) is 37.3 Å².